The molecule has 17 heavy (non-hydrogen) atoms. The first-order chi connectivity index (χ1) is 8.06. The zero-order valence-corrected chi connectivity index (χ0v) is 9.90. The molecule has 1 N–H and O–H groups in total. The van der Waals surface area contributed by atoms with E-state index in [9.17, 15) is 4.79 Å². The van der Waals surface area contributed by atoms with Crippen LogP contribution in [0.2, 0.25) is 5.15 Å². The van der Waals surface area contributed by atoms with E-state index in [1.54, 1.807) is 0 Å². The van der Waals surface area contributed by atoms with Gasteiger partial charge in [0.1, 0.15) is 5.15 Å². The Balaban J connectivity index is 2.55. The topological polar surface area (TPSA) is 50.2 Å². The molecule has 0 saturated heterocycles. The van der Waals surface area contributed by atoms with E-state index in [4.69, 9.17) is 16.7 Å². The SMILES string of the molecule is Cc1ccc2cc(/C=C/C(=O)O)c(Cl)nc2c1. The summed E-state index contributed by atoms with van der Waals surface area (Å²) in [4.78, 5) is 14.7. The van der Waals surface area contributed by atoms with Gasteiger partial charge in [-0.2, -0.15) is 0 Å². The minimum atomic E-state index is -1.01. The van der Waals surface area contributed by atoms with E-state index in [2.05, 4.69) is 4.98 Å². The minimum Gasteiger partial charge on any atom is -0.478 e. The highest BCUT2D eigenvalue weighted by Gasteiger charge is 2.03. The van der Waals surface area contributed by atoms with Crippen LogP contribution in [0.5, 0.6) is 0 Å². The molecule has 0 bridgehead atoms. The van der Waals surface area contributed by atoms with Crippen molar-refractivity contribution in [3.8, 4) is 0 Å². The molecule has 0 atom stereocenters. The minimum absolute atomic E-state index is 0.306. The van der Waals surface area contributed by atoms with Gasteiger partial charge in [-0.3, -0.25) is 0 Å². The number of rotatable bonds is 2. The van der Waals surface area contributed by atoms with Crippen molar-refractivity contribution in [2.45, 2.75) is 6.92 Å². The summed E-state index contributed by atoms with van der Waals surface area (Å²) >= 11 is 5.98. The van der Waals surface area contributed by atoms with Crippen LogP contribution in [-0.2, 0) is 4.79 Å². The quantitative estimate of drug-likeness (QED) is 0.654. The molecule has 3 nitrogen and oxygen atoms in total. The molecule has 0 fully saturated rings. The maximum Gasteiger partial charge on any atom is 0.328 e. The van der Waals surface area contributed by atoms with Crippen LogP contribution in [0, 0.1) is 6.92 Å². The molecular weight excluding hydrogens is 238 g/mol. The molecule has 4 heteroatoms. The van der Waals surface area contributed by atoms with Crippen LogP contribution in [0.15, 0.2) is 30.3 Å². The van der Waals surface area contributed by atoms with Gasteiger partial charge in [-0.1, -0.05) is 23.7 Å². The second kappa shape index (κ2) is 4.55. The number of benzene rings is 1. The molecule has 1 aromatic carbocycles. The summed E-state index contributed by atoms with van der Waals surface area (Å²) in [6.07, 6.45) is 2.49. The molecule has 0 unspecified atom stereocenters. The summed E-state index contributed by atoms with van der Waals surface area (Å²) in [5, 5.41) is 9.81. The van der Waals surface area contributed by atoms with Gasteiger partial charge >= 0.3 is 5.97 Å². The predicted molar refractivity (Wildman–Crippen MR) is 68.2 cm³/mol. The van der Waals surface area contributed by atoms with Crippen molar-refractivity contribution < 1.29 is 9.90 Å². The average molecular weight is 248 g/mol. The number of fused-ring (bicyclic) bond motifs is 1. The van der Waals surface area contributed by atoms with E-state index in [0.29, 0.717) is 10.7 Å². The lowest BCUT2D eigenvalue weighted by molar-refractivity contribution is -0.131. The van der Waals surface area contributed by atoms with Gasteiger partial charge < -0.3 is 5.11 Å². The van der Waals surface area contributed by atoms with Crippen molar-refractivity contribution >= 4 is 34.5 Å². The zero-order chi connectivity index (χ0) is 12.4. The van der Waals surface area contributed by atoms with Crippen LogP contribution in [0.25, 0.3) is 17.0 Å². The van der Waals surface area contributed by atoms with E-state index in [0.717, 1.165) is 22.5 Å². The van der Waals surface area contributed by atoms with E-state index < -0.39 is 5.97 Å². The number of aliphatic carboxylic acids is 1. The van der Waals surface area contributed by atoms with E-state index in [-0.39, 0.29) is 0 Å². The van der Waals surface area contributed by atoms with E-state index in [1.807, 2.05) is 31.2 Å². The van der Waals surface area contributed by atoms with Crippen LogP contribution >= 0.6 is 11.6 Å². The molecule has 0 aliphatic carbocycles. The molecule has 0 amide bonds. The number of aryl methyl sites for hydroxylation is 1. The first-order valence-electron chi connectivity index (χ1n) is 5.04. The van der Waals surface area contributed by atoms with Crippen LogP contribution in [0.1, 0.15) is 11.1 Å². The second-order valence-corrected chi connectivity index (χ2v) is 4.09. The van der Waals surface area contributed by atoms with Gasteiger partial charge in [0.05, 0.1) is 5.52 Å². The number of hydrogen-bond donors (Lipinski definition) is 1. The van der Waals surface area contributed by atoms with E-state index in [1.165, 1.54) is 6.08 Å². The van der Waals surface area contributed by atoms with Crippen LogP contribution in [0.4, 0.5) is 0 Å². The maximum atomic E-state index is 10.4. The van der Waals surface area contributed by atoms with Crippen molar-refractivity contribution in [3.05, 3.63) is 46.6 Å². The van der Waals surface area contributed by atoms with Gasteiger partial charge in [-0.25, -0.2) is 9.78 Å². The van der Waals surface area contributed by atoms with Gasteiger partial charge in [-0.05, 0) is 30.7 Å². The van der Waals surface area contributed by atoms with Gasteiger partial charge in [0, 0.05) is 17.0 Å². The number of hydrogen-bond acceptors (Lipinski definition) is 2. The molecular formula is C13H10ClNO2. The summed E-state index contributed by atoms with van der Waals surface area (Å²) in [5.74, 6) is -1.01. The number of carbonyl (C=O) groups is 1. The number of halogens is 1. The zero-order valence-electron chi connectivity index (χ0n) is 9.14. The fraction of sp³-hybridized carbons (Fsp3) is 0.0769. The van der Waals surface area contributed by atoms with Gasteiger partial charge in [0.25, 0.3) is 0 Å². The molecule has 1 aromatic heterocycles. The summed E-state index contributed by atoms with van der Waals surface area (Å²) in [5.41, 5.74) is 2.52. The molecule has 0 radical (unpaired) electrons. The summed E-state index contributed by atoms with van der Waals surface area (Å²) in [6, 6.07) is 7.67. The average Bonchev–Trinajstić information content (AvgIpc) is 2.26. The monoisotopic (exact) mass is 247 g/mol. The van der Waals surface area contributed by atoms with Crippen molar-refractivity contribution in [1.82, 2.24) is 4.98 Å². The Labute approximate surface area is 103 Å². The Hall–Kier alpha value is -1.87. The normalized spacial score (nSPS) is 11.2. The highest BCUT2D eigenvalue weighted by Crippen LogP contribution is 2.22. The lowest BCUT2D eigenvalue weighted by Gasteiger charge is -2.02. The standard InChI is InChI=1S/C13H10ClNO2/c1-8-2-3-9-7-10(4-5-12(16)17)13(14)15-11(9)6-8/h2-7H,1H3,(H,16,17)/b5-4+. The summed E-state index contributed by atoms with van der Waals surface area (Å²) < 4.78 is 0. The first-order valence-corrected chi connectivity index (χ1v) is 5.42. The molecule has 2 rings (SSSR count). The number of pyridine rings is 1. The number of carboxylic acids is 1. The Morgan fingerprint density at radius 1 is 1.41 bits per heavy atom. The highest BCUT2D eigenvalue weighted by molar-refractivity contribution is 6.31. The number of nitrogens with zero attached hydrogens (tertiary/aromatic N) is 1. The van der Waals surface area contributed by atoms with Gasteiger partial charge in [-0.15, -0.1) is 0 Å². The molecule has 0 saturated carbocycles. The number of aromatic nitrogens is 1. The lowest BCUT2D eigenvalue weighted by Crippen LogP contribution is -1.88. The molecule has 1 heterocycles. The fourth-order valence-corrected chi connectivity index (χ4v) is 1.76. The highest BCUT2D eigenvalue weighted by atomic mass is 35.5. The smallest absolute Gasteiger partial charge is 0.328 e. The Bertz CT molecular complexity index is 620. The van der Waals surface area contributed by atoms with Crippen molar-refractivity contribution in [3.63, 3.8) is 0 Å². The fourth-order valence-electron chi connectivity index (χ4n) is 1.55. The van der Waals surface area contributed by atoms with Gasteiger partial charge in [0.2, 0.25) is 0 Å². The third-order valence-electron chi connectivity index (χ3n) is 2.36. The predicted octanol–water partition coefficient (Wildman–Crippen LogP) is 3.29. The maximum absolute atomic E-state index is 10.4. The van der Waals surface area contributed by atoms with Crippen molar-refractivity contribution in [1.29, 1.82) is 0 Å². The third-order valence-corrected chi connectivity index (χ3v) is 2.66. The van der Waals surface area contributed by atoms with Gasteiger partial charge in [0.15, 0.2) is 0 Å². The first kappa shape index (κ1) is 11.6. The van der Waals surface area contributed by atoms with Crippen molar-refractivity contribution in [2.24, 2.45) is 0 Å². The van der Waals surface area contributed by atoms with Crippen LogP contribution in [0.3, 0.4) is 0 Å². The van der Waals surface area contributed by atoms with Crippen molar-refractivity contribution in [2.75, 3.05) is 0 Å². The molecule has 0 aliphatic heterocycles. The van der Waals surface area contributed by atoms with Crippen LogP contribution < -0.4 is 0 Å². The Morgan fingerprint density at radius 3 is 2.88 bits per heavy atom. The van der Waals surface area contributed by atoms with E-state index >= 15 is 0 Å². The molecule has 0 aliphatic rings. The Morgan fingerprint density at radius 2 is 2.18 bits per heavy atom. The Kier molecular flexibility index (Phi) is 3.11. The summed E-state index contributed by atoms with van der Waals surface area (Å²) in [6.45, 7) is 1.98. The molecule has 0 spiro atoms. The largest absolute Gasteiger partial charge is 0.478 e. The lowest BCUT2D eigenvalue weighted by atomic mass is 10.1. The second-order valence-electron chi connectivity index (χ2n) is 3.74. The summed E-state index contributed by atoms with van der Waals surface area (Å²) in [7, 11) is 0. The third kappa shape index (κ3) is 2.63. The number of carboxylic acid groups (broad SMARTS) is 1. The van der Waals surface area contributed by atoms with Crippen LogP contribution in [-0.4, -0.2) is 16.1 Å². The molecule has 2 aromatic rings. The molecule has 86 valence electrons.